The van der Waals surface area contributed by atoms with Crippen LogP contribution in [0.25, 0.3) is 0 Å². The number of amides is 6. The molecule has 6 N–H and O–H groups in total. The van der Waals surface area contributed by atoms with Gasteiger partial charge in [0.15, 0.2) is 37.2 Å². The lowest BCUT2D eigenvalue weighted by molar-refractivity contribution is -0.274. The molecule has 0 spiro atoms. The summed E-state index contributed by atoms with van der Waals surface area (Å²) in [6, 6.07) is 60.3. The van der Waals surface area contributed by atoms with E-state index in [0.29, 0.717) is 65.5 Å². The first-order valence-electron chi connectivity index (χ1n) is 51.5. The van der Waals surface area contributed by atoms with E-state index in [2.05, 4.69) is 31.9 Å². The van der Waals surface area contributed by atoms with E-state index in [4.69, 9.17) is 75.8 Å². The molecule has 7 aromatic carbocycles. The van der Waals surface area contributed by atoms with Gasteiger partial charge in [-0.25, -0.2) is 28.8 Å². The number of carbonyl (C=O) groups excluding carboxylic acids is 14. The third kappa shape index (κ3) is 41.8. The second-order valence-electron chi connectivity index (χ2n) is 37.5. The molecule has 10 rings (SSSR count). The van der Waals surface area contributed by atoms with Crippen LogP contribution in [0.4, 0.5) is 0 Å². The molecule has 6 unspecified atom stereocenters. The molecule has 7 aromatic rings. The molecule has 3 aliphatic heterocycles. The van der Waals surface area contributed by atoms with Crippen LogP contribution >= 0.6 is 0 Å². The first-order valence-corrected chi connectivity index (χ1v) is 51.5. The van der Waals surface area contributed by atoms with Crippen molar-refractivity contribution in [3.8, 4) is 0 Å². The minimum Gasteiger partial charge on any atom is -0.461 e. The average molecular weight is 2070 g/mol. The van der Waals surface area contributed by atoms with E-state index in [1.54, 1.807) is 182 Å². The van der Waals surface area contributed by atoms with E-state index < -0.39 is 121 Å². The molecule has 3 aliphatic rings. The number of carbonyl (C=O) groups is 14. The minimum absolute atomic E-state index is 0.0288. The van der Waals surface area contributed by atoms with Gasteiger partial charge in [0, 0.05) is 108 Å². The van der Waals surface area contributed by atoms with Crippen molar-refractivity contribution in [3.63, 3.8) is 0 Å². The van der Waals surface area contributed by atoms with Crippen molar-refractivity contribution in [2.24, 2.45) is 35.5 Å². The zero-order valence-electron chi connectivity index (χ0n) is 85.9. The predicted molar refractivity (Wildman–Crippen MR) is 544 cm³/mol. The second-order valence-corrected chi connectivity index (χ2v) is 37.5. The van der Waals surface area contributed by atoms with Crippen molar-refractivity contribution in [2.75, 3.05) is 112 Å². The van der Waals surface area contributed by atoms with Crippen molar-refractivity contribution in [1.82, 2.24) is 31.9 Å². The molecule has 0 aliphatic carbocycles. The molecule has 15 atom stereocenters. The lowest BCUT2D eigenvalue weighted by Gasteiger charge is -2.43. The molecule has 0 radical (unpaired) electrons. The highest BCUT2D eigenvalue weighted by Gasteiger charge is 2.49. The van der Waals surface area contributed by atoms with Crippen LogP contribution in [-0.2, 0) is 121 Å². The Bertz CT molecular complexity index is 4820. The lowest BCUT2D eigenvalue weighted by Crippen LogP contribution is -2.58. The van der Waals surface area contributed by atoms with Crippen LogP contribution < -0.4 is 31.9 Å². The molecule has 0 bridgehead atoms. The number of nitrogens with one attached hydrogen (secondary N) is 6. The maximum Gasteiger partial charge on any atom is 0.338 e. The third-order valence-corrected chi connectivity index (χ3v) is 26.2. The Morgan fingerprint density at radius 3 is 0.866 bits per heavy atom. The van der Waals surface area contributed by atoms with E-state index in [0.717, 1.165) is 5.56 Å². The Balaban J connectivity index is 0.692. The maximum absolute atomic E-state index is 14.2. The Labute approximate surface area is 870 Å². The van der Waals surface area contributed by atoms with E-state index in [1.165, 1.54) is 0 Å². The number of benzene rings is 7. The van der Waals surface area contributed by atoms with Gasteiger partial charge in [-0.05, 0) is 147 Å². The molecule has 149 heavy (non-hydrogen) atoms. The molecular formula is C113H144N6O30. The summed E-state index contributed by atoms with van der Waals surface area (Å²) in [7, 11) is 0. The van der Waals surface area contributed by atoms with Gasteiger partial charge in [-0.1, -0.05) is 181 Å². The molecule has 0 aromatic heterocycles. The molecule has 36 nitrogen and oxygen atoms in total. The fraction of sp³-hybridized carbons (Fsp3) is 0.504. The van der Waals surface area contributed by atoms with Crippen LogP contribution in [0.2, 0.25) is 0 Å². The number of esters is 7. The summed E-state index contributed by atoms with van der Waals surface area (Å²) < 4.78 is 96.8. The highest BCUT2D eigenvalue weighted by atomic mass is 16.7. The van der Waals surface area contributed by atoms with Gasteiger partial charge in [0.25, 0.3) is 0 Å². The van der Waals surface area contributed by atoms with Crippen LogP contribution in [0.5, 0.6) is 0 Å². The SMILES string of the molecule is C[C@@H]1C(COC(=O)c2ccccc2)O[C@@H](OCCCC(=O)CCCCNC(=O)CCOCC(COCCC(=O)NCCCNC(=O)CCCO[C@@H]2OC(COC(=O)c3ccccc3)[C@@H](C)[C@H](C)C2OC(=O)c2ccccc2)(COCCC(=O)NCCCNC(=O)CCCO[C@@H]2OC(COC(=O)c3ccccc3)[C@@H](C)[C@H](C)C2OC(=O)c2ccccc2)NC(=O)CCCC(=O)OCc2ccccc2)C(OC(=O)c2ccccc2)[C@H]1C. The van der Waals surface area contributed by atoms with E-state index in [1.807, 2.05) is 71.9 Å². The monoisotopic (exact) mass is 2060 g/mol. The molecular weight excluding hydrogens is 1920 g/mol. The predicted octanol–water partition coefficient (Wildman–Crippen LogP) is 12.7. The smallest absolute Gasteiger partial charge is 0.338 e. The number of unbranched alkanes of at least 4 members (excludes halogenated alkanes) is 1. The third-order valence-electron chi connectivity index (χ3n) is 26.2. The molecule has 0 saturated carbocycles. The minimum atomic E-state index is -1.54. The zero-order chi connectivity index (χ0) is 106. The molecule has 3 heterocycles. The lowest BCUT2D eigenvalue weighted by atomic mass is 9.83. The Hall–Kier alpha value is -13.0. The normalized spacial score (nSPS) is 20.7. The number of hydrogen-bond acceptors (Lipinski definition) is 30. The van der Waals surface area contributed by atoms with Crippen LogP contribution in [-0.4, -0.2) is 256 Å². The fourth-order valence-corrected chi connectivity index (χ4v) is 16.7. The first kappa shape index (κ1) is 118. The first-order chi connectivity index (χ1) is 72.2. The van der Waals surface area contributed by atoms with Gasteiger partial charge in [0.05, 0.1) is 111 Å². The number of ether oxygens (including phenoxy) is 16. The maximum atomic E-state index is 14.2. The van der Waals surface area contributed by atoms with Gasteiger partial charge in [-0.2, -0.15) is 0 Å². The quantitative estimate of drug-likeness (QED) is 0.0117. The number of rotatable bonds is 65. The standard InChI is InChI=1S/C113H144N6O30/c1-77-80(4)101(147-107(131)87-44-22-11-23-45-87)110(144-91(77)71-141-104(128)84-38-16-8-17-39-84)137-64-31-51-90(120)50-28-29-59-114-96(123)56-67-134-74-113(119-99(126)52-30-55-100(127)140-70-83-36-14-7-15-37-83,75-135-68-57-97(124)117-62-34-60-115-94(121)53-32-65-138-111-102(148-108(132)88-46-24-12-25-47-88)81(5)78(2)92(145-111)72-142-105(129)85-40-18-9-19-41-85)76-136-69-58-98(125)118-63-35-61-116-95(122)54-33-66-139-112-103(149-109(133)89-48-26-13-27-49-89)82(6)79(3)93(146-112)73-143-106(130)86-42-20-10-21-43-86/h7-27,36-49,77-82,91-93,101-103,110-112H,28-35,50-76H2,1-6H3,(H,114,123)(H,115,121)(H,116,122)(H,117,124)(H,118,125)(H,119,126)/t77-,78-,79-,80-,81-,82-,91?,92?,93?,101?,102?,103?,110+,111+,112+,113?/m0/s1. The van der Waals surface area contributed by atoms with Gasteiger partial charge < -0.3 is 108 Å². The molecule has 6 amide bonds. The van der Waals surface area contributed by atoms with Gasteiger partial charge in [-0.15, -0.1) is 0 Å². The highest BCUT2D eigenvalue weighted by Crippen LogP contribution is 2.38. The summed E-state index contributed by atoms with van der Waals surface area (Å²) in [5, 5.41) is 17.2. The Morgan fingerprint density at radius 1 is 0.268 bits per heavy atom. The summed E-state index contributed by atoms with van der Waals surface area (Å²) in [6.45, 7) is 11.0. The summed E-state index contributed by atoms with van der Waals surface area (Å²) in [5.74, 6) is -7.71. The molecule has 806 valence electrons. The summed E-state index contributed by atoms with van der Waals surface area (Å²) in [4.78, 5) is 186. The average Bonchev–Trinajstić information content (AvgIpc) is 0.803. The van der Waals surface area contributed by atoms with Crippen molar-refractivity contribution >= 4 is 83.0 Å². The van der Waals surface area contributed by atoms with Gasteiger partial charge >= 0.3 is 41.8 Å². The van der Waals surface area contributed by atoms with Crippen molar-refractivity contribution in [1.29, 1.82) is 0 Å². The Kier molecular flexibility index (Phi) is 51.4. The molecule has 3 fully saturated rings. The second kappa shape index (κ2) is 65.0. The van der Waals surface area contributed by atoms with Crippen molar-refractivity contribution in [3.05, 3.63) is 251 Å². The van der Waals surface area contributed by atoms with Gasteiger partial charge in [-0.3, -0.25) is 38.4 Å². The van der Waals surface area contributed by atoms with Crippen LogP contribution in [0, 0.1) is 35.5 Å². The van der Waals surface area contributed by atoms with Gasteiger partial charge in [0.2, 0.25) is 35.4 Å². The van der Waals surface area contributed by atoms with Crippen molar-refractivity contribution < 1.29 is 143 Å². The summed E-state index contributed by atoms with van der Waals surface area (Å²) in [6.07, 6.45) is -5.18. The van der Waals surface area contributed by atoms with Crippen LogP contribution in [0.3, 0.4) is 0 Å². The molecule has 3 saturated heterocycles. The van der Waals surface area contributed by atoms with Crippen LogP contribution in [0.15, 0.2) is 212 Å². The van der Waals surface area contributed by atoms with E-state index >= 15 is 0 Å². The number of hydrogen-bond donors (Lipinski definition) is 6. The summed E-state index contributed by atoms with van der Waals surface area (Å²) in [5.41, 5.74) is 1.40. The number of ketones is 1. The number of Topliss-reactive ketones (excluding diaryl/α,β-unsaturated/α-hetero) is 1. The Morgan fingerprint density at radius 2 is 0.544 bits per heavy atom. The van der Waals surface area contributed by atoms with E-state index in [9.17, 15) is 67.1 Å². The van der Waals surface area contributed by atoms with Gasteiger partial charge in [0.1, 0.15) is 37.7 Å². The van der Waals surface area contributed by atoms with E-state index in [-0.39, 0.29) is 255 Å². The molecule has 36 heteroatoms. The zero-order valence-corrected chi connectivity index (χ0v) is 85.9. The summed E-state index contributed by atoms with van der Waals surface area (Å²) >= 11 is 0. The van der Waals surface area contributed by atoms with Crippen LogP contribution in [0.1, 0.15) is 218 Å². The van der Waals surface area contributed by atoms with Crippen molar-refractivity contribution in [2.45, 2.75) is 218 Å². The largest absolute Gasteiger partial charge is 0.461 e. The fourth-order valence-electron chi connectivity index (χ4n) is 16.7. The highest BCUT2D eigenvalue weighted by molar-refractivity contribution is 5.92. The topological polar surface area (TPSA) is 459 Å².